The van der Waals surface area contributed by atoms with E-state index in [0.29, 0.717) is 12.1 Å². The van der Waals surface area contributed by atoms with Gasteiger partial charge >= 0.3 is 0 Å². The van der Waals surface area contributed by atoms with Crippen LogP contribution in [-0.4, -0.2) is 0 Å². The molecule has 3 rings (SSSR count). The summed E-state index contributed by atoms with van der Waals surface area (Å²) in [6.45, 7) is 20.5. The third-order valence-electron chi connectivity index (χ3n) is 6.60. The van der Waals surface area contributed by atoms with Gasteiger partial charge in [0.1, 0.15) is 8.42 Å². The van der Waals surface area contributed by atoms with E-state index in [9.17, 15) is 0 Å². The second-order valence-electron chi connectivity index (χ2n) is 11.0. The molecule has 160 valence electrons. The molecule has 1 nitrogen and oxygen atoms in total. The fraction of sp³-hybridized carbons (Fsp3) is 0.483. The van der Waals surface area contributed by atoms with Crippen LogP contribution in [0.2, 0.25) is 0 Å². The highest BCUT2D eigenvalue weighted by Crippen LogP contribution is 2.38. The number of hydrogen-bond acceptors (Lipinski definition) is 0. The van der Waals surface area contributed by atoms with Gasteiger partial charge in [-0.1, -0.05) is 73.6 Å². The van der Waals surface area contributed by atoms with Crippen molar-refractivity contribution in [2.45, 2.75) is 85.5 Å². The number of aromatic nitrogens is 1. The van der Waals surface area contributed by atoms with Gasteiger partial charge in [-0.25, -0.2) is 4.57 Å². The number of nitrogens with zero attached hydrogens (tertiary/aromatic N) is 1. The highest BCUT2D eigenvalue weighted by atomic mass is 14.9. The maximum Gasteiger partial charge on any atom is 0.220 e. The van der Waals surface area contributed by atoms with E-state index in [0.717, 1.165) is 17.5 Å². The van der Waals surface area contributed by atoms with E-state index in [1.165, 1.54) is 33.2 Å². The van der Waals surface area contributed by atoms with Crippen molar-refractivity contribution in [3.63, 3.8) is 0 Å². The zero-order valence-electron chi connectivity index (χ0n) is 21.7. The zero-order chi connectivity index (χ0) is 23.3. The summed E-state index contributed by atoms with van der Waals surface area (Å²) in [6.07, 6.45) is 1.66. The second kappa shape index (κ2) is 7.84. The van der Waals surface area contributed by atoms with E-state index < -0.39 is 0 Å². The molecule has 1 heteroatoms. The molecule has 0 saturated heterocycles. The lowest BCUT2D eigenvalue weighted by Crippen LogP contribution is -2.31. The molecule has 0 aliphatic rings. The molecule has 0 fully saturated rings. The molecule has 0 amide bonds. The Morgan fingerprint density at radius 2 is 1.63 bits per heavy atom. The van der Waals surface area contributed by atoms with Gasteiger partial charge in [-0.3, -0.25) is 0 Å². The lowest BCUT2D eigenvalue weighted by molar-refractivity contribution is -0.659. The molecular formula is C29H40N+. The van der Waals surface area contributed by atoms with Crippen LogP contribution in [0.1, 0.15) is 91.4 Å². The normalized spacial score (nSPS) is 14.1. The van der Waals surface area contributed by atoms with Gasteiger partial charge in [0.15, 0.2) is 6.17 Å². The summed E-state index contributed by atoms with van der Waals surface area (Å²) in [5, 5.41) is 2.38. The summed E-state index contributed by atoms with van der Waals surface area (Å²) in [5.41, 5.74) is 7.89. The Morgan fingerprint density at radius 1 is 0.967 bits per heavy atom. The molecule has 1 heterocycles. The molecular weight excluding hydrogens is 362 g/mol. The van der Waals surface area contributed by atoms with Crippen LogP contribution >= 0.6 is 0 Å². The maximum atomic E-state index is 8.70. The van der Waals surface area contributed by atoms with Crippen molar-refractivity contribution in [3.05, 3.63) is 64.8 Å². The van der Waals surface area contributed by atoms with Crippen LogP contribution in [-0.2, 0) is 17.9 Å². The predicted molar refractivity (Wildman–Crippen MR) is 131 cm³/mol. The van der Waals surface area contributed by atoms with E-state index in [1.807, 2.05) is 17.7 Å². The molecule has 0 aliphatic carbocycles. The third-order valence-corrected chi connectivity index (χ3v) is 6.60. The first-order valence-corrected chi connectivity index (χ1v) is 11.3. The van der Waals surface area contributed by atoms with Gasteiger partial charge in [0, 0.05) is 6.07 Å². The smallest absolute Gasteiger partial charge is 0.200 e. The molecule has 1 atom stereocenters. The van der Waals surface area contributed by atoms with Crippen LogP contribution in [0.5, 0.6) is 0 Å². The van der Waals surface area contributed by atoms with E-state index in [1.54, 1.807) is 0 Å². The van der Waals surface area contributed by atoms with Crippen molar-refractivity contribution < 1.29 is 5.94 Å². The Balaban J connectivity index is 2.44. The summed E-state index contributed by atoms with van der Waals surface area (Å²) in [4.78, 5) is 0. The molecule has 0 radical (unpaired) electrons. The number of pyridine rings is 1. The zero-order valence-corrected chi connectivity index (χ0v) is 20.7. The van der Waals surface area contributed by atoms with Crippen molar-refractivity contribution in [1.29, 1.82) is 0 Å². The topological polar surface area (TPSA) is 3.88 Å². The standard InChI is InChI=1S/C29H40N/c1-11-19(2)21-12-13-24-22(16-21)14-15-30(10)27(24)25-17-23(28(4,5)6)18-26(20(25)3)29(7,8)9/h12-19H,11H2,1-10H3/q+1/i15D. The molecule has 30 heavy (non-hydrogen) atoms. The summed E-state index contributed by atoms with van der Waals surface area (Å²) in [5.74, 6) is 0.523. The van der Waals surface area contributed by atoms with Gasteiger partial charge in [0.2, 0.25) is 5.69 Å². The van der Waals surface area contributed by atoms with Crippen molar-refractivity contribution in [3.8, 4) is 11.3 Å². The van der Waals surface area contributed by atoms with Crippen LogP contribution in [0.3, 0.4) is 0 Å². The second-order valence-corrected chi connectivity index (χ2v) is 11.0. The quantitative estimate of drug-likeness (QED) is 0.394. The third kappa shape index (κ3) is 4.17. The van der Waals surface area contributed by atoms with Crippen LogP contribution in [0.15, 0.2) is 42.6 Å². The van der Waals surface area contributed by atoms with Crippen LogP contribution in [0.4, 0.5) is 0 Å². The predicted octanol–water partition coefficient (Wildman–Crippen LogP) is 7.75. The summed E-state index contributed by atoms with van der Waals surface area (Å²) >= 11 is 0. The average molecular weight is 404 g/mol. The van der Waals surface area contributed by atoms with Crippen LogP contribution in [0, 0.1) is 6.92 Å². The Bertz CT molecular complexity index is 1130. The molecule has 0 spiro atoms. The van der Waals surface area contributed by atoms with Gasteiger partial charge in [0.25, 0.3) is 0 Å². The number of benzene rings is 2. The number of rotatable bonds is 3. The van der Waals surface area contributed by atoms with Crippen LogP contribution < -0.4 is 4.57 Å². The number of hydrogen-bond donors (Lipinski definition) is 0. The van der Waals surface area contributed by atoms with E-state index in [4.69, 9.17) is 1.37 Å². The van der Waals surface area contributed by atoms with Crippen LogP contribution in [0.25, 0.3) is 22.0 Å². The highest BCUT2D eigenvalue weighted by Gasteiger charge is 2.27. The molecule has 2 aromatic carbocycles. The SMILES string of the molecule is [2H]c1cc2cc(C(C)CC)ccc2c(-c2cc(C(C)(C)C)cc(C(C)(C)C)c2C)[n+]1C. The molecule has 3 aromatic rings. The molecule has 0 aliphatic heterocycles. The molecule has 1 aromatic heterocycles. The monoisotopic (exact) mass is 403 g/mol. The number of fused-ring (bicyclic) bond motifs is 1. The van der Waals surface area contributed by atoms with E-state index in [2.05, 4.69) is 92.6 Å². The molecule has 1 unspecified atom stereocenters. The minimum atomic E-state index is 0.0524. The molecule has 0 N–H and O–H groups in total. The van der Waals surface area contributed by atoms with Gasteiger partial charge in [-0.15, -0.1) is 0 Å². The first kappa shape index (κ1) is 21.1. The first-order chi connectivity index (χ1) is 14.3. The van der Waals surface area contributed by atoms with Crippen molar-refractivity contribution in [2.24, 2.45) is 7.05 Å². The minimum absolute atomic E-state index is 0.0524. The Hall–Kier alpha value is -2.15. The van der Waals surface area contributed by atoms with Crippen molar-refractivity contribution in [2.75, 3.05) is 0 Å². The highest BCUT2D eigenvalue weighted by molar-refractivity contribution is 5.94. The largest absolute Gasteiger partial charge is 0.220 e. The fourth-order valence-corrected chi connectivity index (χ4v) is 4.37. The summed E-state index contributed by atoms with van der Waals surface area (Å²) < 4.78 is 10.7. The lowest BCUT2D eigenvalue weighted by Gasteiger charge is -2.28. The Kier molecular flexibility index (Phi) is 5.51. The van der Waals surface area contributed by atoms with E-state index >= 15 is 0 Å². The summed E-state index contributed by atoms with van der Waals surface area (Å²) in [7, 11) is 2.03. The minimum Gasteiger partial charge on any atom is -0.200 e. The maximum absolute atomic E-state index is 8.70. The molecule has 0 saturated carbocycles. The lowest BCUT2D eigenvalue weighted by atomic mass is 9.76. The Morgan fingerprint density at radius 3 is 2.20 bits per heavy atom. The van der Waals surface area contributed by atoms with Gasteiger partial charge in [-0.05, 0) is 69.9 Å². The van der Waals surface area contributed by atoms with Crippen molar-refractivity contribution in [1.82, 2.24) is 0 Å². The fourth-order valence-electron chi connectivity index (χ4n) is 4.37. The Labute approximate surface area is 185 Å². The van der Waals surface area contributed by atoms with Gasteiger partial charge < -0.3 is 0 Å². The average Bonchev–Trinajstić information content (AvgIpc) is 2.67. The van der Waals surface area contributed by atoms with Gasteiger partial charge in [-0.2, -0.15) is 0 Å². The van der Waals surface area contributed by atoms with E-state index in [-0.39, 0.29) is 10.8 Å². The van der Waals surface area contributed by atoms with Gasteiger partial charge in [0.05, 0.1) is 10.9 Å². The van der Waals surface area contributed by atoms with Crippen molar-refractivity contribution >= 4 is 10.8 Å². The first-order valence-electron chi connectivity index (χ1n) is 11.8. The molecule has 0 bridgehead atoms. The summed E-state index contributed by atoms with van der Waals surface area (Å²) in [6, 6.07) is 13.6.